The average Bonchev–Trinajstić information content (AvgIpc) is 3.54. The van der Waals surface area contributed by atoms with Crippen LogP contribution < -0.4 is 0 Å². The molecule has 0 bridgehead atoms. The highest BCUT2D eigenvalue weighted by atomic mass is 19.1. The third kappa shape index (κ3) is 3.99. The van der Waals surface area contributed by atoms with Crippen LogP contribution in [0.3, 0.4) is 0 Å². The normalized spacial score (nSPS) is 14.4. The first kappa shape index (κ1) is 21.7. The molecule has 0 fully saturated rings. The van der Waals surface area contributed by atoms with Gasteiger partial charge in [0.05, 0.1) is 19.1 Å². The van der Waals surface area contributed by atoms with Crippen LogP contribution in [0.2, 0.25) is 0 Å². The lowest BCUT2D eigenvalue weighted by Gasteiger charge is -2.26. The van der Waals surface area contributed by atoms with Crippen LogP contribution in [0.15, 0.2) is 88.7 Å². The van der Waals surface area contributed by atoms with E-state index in [0.29, 0.717) is 33.7 Å². The predicted octanol–water partition coefficient (Wildman–Crippen LogP) is 4.71. The Kier molecular flexibility index (Phi) is 5.73. The number of aromatic nitrogens is 3. The molecule has 0 saturated heterocycles. The van der Waals surface area contributed by atoms with Crippen molar-refractivity contribution in [1.82, 2.24) is 15.0 Å². The molecule has 0 amide bonds. The number of Topliss-reactive ketones (excluding diaryl/α,β-unsaturated/α-hetero) is 2. The number of rotatable bonds is 7. The van der Waals surface area contributed by atoms with Gasteiger partial charge in [-0.25, -0.2) is 9.07 Å². The molecule has 0 spiro atoms. The highest BCUT2D eigenvalue weighted by Crippen LogP contribution is 2.36. The minimum atomic E-state index is -0.767. The van der Waals surface area contributed by atoms with Crippen molar-refractivity contribution in [3.8, 4) is 0 Å². The maximum absolute atomic E-state index is 13.7. The number of benzene rings is 2. The van der Waals surface area contributed by atoms with Gasteiger partial charge in [0.2, 0.25) is 0 Å². The second kappa shape index (κ2) is 8.99. The summed E-state index contributed by atoms with van der Waals surface area (Å²) in [6, 6.07) is 15.3. The minimum absolute atomic E-state index is 0.171. The summed E-state index contributed by atoms with van der Waals surface area (Å²) >= 11 is 0. The van der Waals surface area contributed by atoms with Crippen LogP contribution in [0, 0.1) is 5.82 Å². The Morgan fingerprint density at radius 3 is 2.41 bits per heavy atom. The molecule has 2 aromatic heterocycles. The molecule has 0 N–H and O–H groups in total. The Balaban J connectivity index is 1.52. The van der Waals surface area contributed by atoms with Gasteiger partial charge in [0, 0.05) is 22.3 Å². The molecule has 0 radical (unpaired) electrons. The molecule has 2 aromatic carbocycles. The van der Waals surface area contributed by atoms with Crippen molar-refractivity contribution in [3.63, 3.8) is 0 Å². The summed E-state index contributed by atoms with van der Waals surface area (Å²) in [5.74, 6) is -0.217. The van der Waals surface area contributed by atoms with Gasteiger partial charge < -0.3 is 9.15 Å². The van der Waals surface area contributed by atoms with Gasteiger partial charge in [-0.15, -0.1) is 5.10 Å². The third-order valence-electron chi connectivity index (χ3n) is 5.76. The maximum Gasteiger partial charge on any atom is 0.192 e. The molecule has 0 saturated carbocycles. The van der Waals surface area contributed by atoms with Gasteiger partial charge in [0.25, 0.3) is 0 Å². The van der Waals surface area contributed by atoms with Crippen molar-refractivity contribution >= 4 is 11.6 Å². The van der Waals surface area contributed by atoms with Gasteiger partial charge in [0.1, 0.15) is 29.9 Å². The minimum Gasteiger partial charge on any atom is -0.467 e. The molecule has 170 valence electrons. The van der Waals surface area contributed by atoms with E-state index in [0.717, 1.165) is 0 Å². The maximum atomic E-state index is 13.7. The molecule has 0 aliphatic heterocycles. The van der Waals surface area contributed by atoms with Crippen LogP contribution in [-0.4, -0.2) is 26.6 Å². The van der Waals surface area contributed by atoms with Crippen LogP contribution in [0.25, 0.3) is 0 Å². The van der Waals surface area contributed by atoms with Gasteiger partial charge in [-0.3, -0.25) is 9.59 Å². The Morgan fingerprint density at radius 1 is 0.971 bits per heavy atom. The number of nitrogens with zero attached hydrogens (tertiary/aromatic N) is 3. The number of furan rings is 1. The summed E-state index contributed by atoms with van der Waals surface area (Å²) in [5, 5.41) is 8.40. The van der Waals surface area contributed by atoms with Crippen molar-refractivity contribution < 1.29 is 23.1 Å². The standard InChI is InChI=1S/C26H20FN3O4/c1-16-23(26(32)22-7-3-2-6-21(22)25(16)31)24(17-8-10-18(27)11-9-17)30-13-19(28-29-30)14-33-15-20-5-4-12-34-20/h2-13,24H,14-15H2,1H3. The van der Waals surface area contributed by atoms with E-state index in [2.05, 4.69) is 10.3 Å². The van der Waals surface area contributed by atoms with Gasteiger partial charge in [0.15, 0.2) is 11.6 Å². The Morgan fingerprint density at radius 2 is 1.71 bits per heavy atom. The lowest BCUT2D eigenvalue weighted by atomic mass is 9.80. The summed E-state index contributed by atoms with van der Waals surface area (Å²) < 4.78 is 26.1. The highest BCUT2D eigenvalue weighted by Gasteiger charge is 2.36. The molecule has 8 heteroatoms. The van der Waals surface area contributed by atoms with Gasteiger partial charge in [-0.1, -0.05) is 41.6 Å². The van der Waals surface area contributed by atoms with Crippen molar-refractivity contribution in [1.29, 1.82) is 0 Å². The summed E-state index contributed by atoms with van der Waals surface area (Å²) in [7, 11) is 0. The molecule has 2 heterocycles. The zero-order valence-electron chi connectivity index (χ0n) is 18.3. The van der Waals surface area contributed by atoms with E-state index in [-0.39, 0.29) is 30.4 Å². The molecular formula is C26H20FN3O4. The summed E-state index contributed by atoms with van der Waals surface area (Å²) in [6.45, 7) is 2.08. The van der Waals surface area contributed by atoms with Crippen LogP contribution in [0.5, 0.6) is 0 Å². The van der Waals surface area contributed by atoms with Gasteiger partial charge in [-0.2, -0.15) is 0 Å². The fourth-order valence-corrected chi connectivity index (χ4v) is 4.10. The Hall–Kier alpha value is -4.17. The fraction of sp³-hybridized carbons (Fsp3) is 0.154. The zero-order valence-corrected chi connectivity index (χ0v) is 18.3. The number of hydrogen-bond donors (Lipinski definition) is 0. The molecular weight excluding hydrogens is 437 g/mol. The van der Waals surface area contributed by atoms with E-state index in [1.54, 1.807) is 67.9 Å². The number of fused-ring (bicyclic) bond motifs is 1. The molecule has 1 atom stereocenters. The van der Waals surface area contributed by atoms with E-state index >= 15 is 0 Å². The molecule has 7 nitrogen and oxygen atoms in total. The van der Waals surface area contributed by atoms with Crippen LogP contribution >= 0.6 is 0 Å². The van der Waals surface area contributed by atoms with Crippen molar-refractivity contribution in [2.75, 3.05) is 0 Å². The SMILES string of the molecule is CC1=C(C(c2ccc(F)cc2)n2cc(COCc3ccco3)nn2)C(=O)c2ccccc2C1=O. The average molecular weight is 457 g/mol. The van der Waals surface area contributed by atoms with E-state index < -0.39 is 11.9 Å². The Bertz CT molecular complexity index is 1390. The van der Waals surface area contributed by atoms with E-state index in [9.17, 15) is 14.0 Å². The van der Waals surface area contributed by atoms with E-state index in [1.807, 2.05) is 0 Å². The lowest BCUT2D eigenvalue weighted by Crippen LogP contribution is -2.28. The number of halogens is 1. The summed E-state index contributed by atoms with van der Waals surface area (Å²) in [6.07, 6.45) is 3.23. The molecule has 1 aliphatic rings. The third-order valence-corrected chi connectivity index (χ3v) is 5.76. The van der Waals surface area contributed by atoms with Crippen molar-refractivity contribution in [2.45, 2.75) is 26.2 Å². The largest absolute Gasteiger partial charge is 0.467 e. The number of allylic oxidation sites excluding steroid dienone is 2. The lowest BCUT2D eigenvalue weighted by molar-refractivity contribution is 0.0905. The number of ether oxygens (including phenoxy) is 1. The molecule has 1 unspecified atom stereocenters. The van der Waals surface area contributed by atoms with Crippen LogP contribution in [0.4, 0.5) is 4.39 Å². The number of ketones is 2. The van der Waals surface area contributed by atoms with Gasteiger partial charge in [-0.05, 0) is 36.8 Å². The van der Waals surface area contributed by atoms with Crippen molar-refractivity contribution in [3.05, 3.63) is 118 Å². The predicted molar refractivity (Wildman–Crippen MR) is 120 cm³/mol. The van der Waals surface area contributed by atoms with E-state index in [4.69, 9.17) is 9.15 Å². The second-order valence-electron chi connectivity index (χ2n) is 7.96. The second-order valence-corrected chi connectivity index (χ2v) is 7.96. The quantitative estimate of drug-likeness (QED) is 0.399. The monoisotopic (exact) mass is 457 g/mol. The number of carbonyl (C=O) groups excluding carboxylic acids is 2. The Labute approximate surface area is 194 Å². The van der Waals surface area contributed by atoms with Gasteiger partial charge >= 0.3 is 0 Å². The summed E-state index contributed by atoms with van der Waals surface area (Å²) in [4.78, 5) is 26.7. The van der Waals surface area contributed by atoms with Crippen LogP contribution in [-0.2, 0) is 18.0 Å². The van der Waals surface area contributed by atoms with Crippen LogP contribution in [0.1, 0.15) is 50.7 Å². The number of hydrogen-bond acceptors (Lipinski definition) is 6. The zero-order chi connectivity index (χ0) is 23.7. The molecule has 5 rings (SSSR count). The van der Waals surface area contributed by atoms with Crippen molar-refractivity contribution in [2.24, 2.45) is 0 Å². The smallest absolute Gasteiger partial charge is 0.192 e. The first-order valence-corrected chi connectivity index (χ1v) is 10.7. The number of carbonyl (C=O) groups is 2. The molecule has 4 aromatic rings. The summed E-state index contributed by atoms with van der Waals surface area (Å²) in [5.41, 5.74) is 2.45. The first-order chi connectivity index (χ1) is 16.5. The highest BCUT2D eigenvalue weighted by molar-refractivity contribution is 6.27. The van der Waals surface area contributed by atoms with E-state index in [1.165, 1.54) is 16.8 Å². The first-order valence-electron chi connectivity index (χ1n) is 10.7. The molecule has 1 aliphatic carbocycles. The molecule has 34 heavy (non-hydrogen) atoms. The fourth-order valence-electron chi connectivity index (χ4n) is 4.10. The topological polar surface area (TPSA) is 87.2 Å².